The number of anilines is 2. The van der Waals surface area contributed by atoms with Gasteiger partial charge in [0.25, 0.3) is 0 Å². The third-order valence-electron chi connectivity index (χ3n) is 4.21. The molecule has 0 saturated heterocycles. The molecule has 1 aromatic heterocycles. The largest absolute Gasteiger partial charge is 0.443 e. The van der Waals surface area contributed by atoms with Gasteiger partial charge in [-0.05, 0) is 39.8 Å². The molecule has 12 heteroatoms. The monoisotopic (exact) mass is 477 g/mol. The van der Waals surface area contributed by atoms with Crippen LogP contribution in [0, 0.1) is 15.9 Å². The average molecular weight is 478 g/mol. The van der Waals surface area contributed by atoms with Crippen LogP contribution in [-0.2, 0) is 4.74 Å². The molecule has 1 amide bonds. The van der Waals surface area contributed by atoms with Crippen LogP contribution in [0.2, 0.25) is 5.02 Å². The van der Waals surface area contributed by atoms with Gasteiger partial charge in [-0.15, -0.1) is 5.06 Å². The molecule has 33 heavy (non-hydrogen) atoms. The van der Waals surface area contributed by atoms with Crippen molar-refractivity contribution in [2.24, 2.45) is 0 Å². The Hall–Kier alpha value is -3.73. The summed E-state index contributed by atoms with van der Waals surface area (Å²) in [4.78, 5) is 37.2. The molecule has 0 radical (unpaired) electrons. The fraction of sp³-hybridized carbons (Fsp3) is 0.286. The van der Waals surface area contributed by atoms with Crippen molar-refractivity contribution >= 4 is 45.8 Å². The Balaban J connectivity index is 2.03. The quantitative estimate of drug-likeness (QED) is 0.358. The maximum Gasteiger partial charge on any atom is 0.443 e. The van der Waals surface area contributed by atoms with Crippen molar-refractivity contribution in [1.82, 2.24) is 15.0 Å². The van der Waals surface area contributed by atoms with Gasteiger partial charge in [0.2, 0.25) is 5.75 Å². The Kier molecular flexibility index (Phi) is 6.82. The highest BCUT2D eigenvalue weighted by molar-refractivity contribution is 6.31. The van der Waals surface area contributed by atoms with E-state index >= 15 is 0 Å². The summed E-state index contributed by atoms with van der Waals surface area (Å²) in [5.41, 5.74) is -0.940. The summed E-state index contributed by atoms with van der Waals surface area (Å²) in [6, 6.07) is 6.85. The third-order valence-corrected chi connectivity index (χ3v) is 4.50. The number of rotatable bonds is 6. The van der Waals surface area contributed by atoms with Crippen molar-refractivity contribution in [3.05, 3.63) is 57.6 Å². The first-order chi connectivity index (χ1) is 15.5. The highest BCUT2D eigenvalue weighted by atomic mass is 35.5. The molecule has 0 aliphatic heterocycles. The topological polar surface area (TPSA) is 120 Å². The van der Waals surface area contributed by atoms with Crippen molar-refractivity contribution < 1.29 is 23.7 Å². The number of amides is 1. The summed E-state index contributed by atoms with van der Waals surface area (Å²) in [5.74, 6) is -0.801. The molecular formula is C21H21ClFN5O5. The van der Waals surface area contributed by atoms with Crippen molar-refractivity contribution in [3.8, 4) is 5.75 Å². The van der Waals surface area contributed by atoms with Gasteiger partial charge in [0.05, 0.1) is 33.1 Å². The molecular weight excluding hydrogens is 457 g/mol. The van der Waals surface area contributed by atoms with Crippen LogP contribution in [0.4, 0.5) is 26.4 Å². The van der Waals surface area contributed by atoms with E-state index < -0.39 is 28.1 Å². The van der Waals surface area contributed by atoms with Crippen LogP contribution in [0.3, 0.4) is 0 Å². The average Bonchev–Trinajstić information content (AvgIpc) is 2.73. The Labute approximate surface area is 193 Å². The smallest absolute Gasteiger partial charge is 0.442 e. The number of carbonyl (C=O) groups is 1. The molecule has 3 rings (SSSR count). The van der Waals surface area contributed by atoms with Gasteiger partial charge in [-0.3, -0.25) is 10.1 Å². The number of hydroxylamine groups is 2. The van der Waals surface area contributed by atoms with Gasteiger partial charge in [-0.2, -0.15) is 0 Å². The molecule has 1 heterocycles. The van der Waals surface area contributed by atoms with Gasteiger partial charge in [-0.1, -0.05) is 17.7 Å². The maximum atomic E-state index is 14.3. The molecule has 0 aliphatic carbocycles. The lowest BCUT2D eigenvalue weighted by Crippen LogP contribution is -2.39. The molecule has 0 bridgehead atoms. The molecule has 0 spiro atoms. The Bertz CT molecular complexity index is 1220. The Morgan fingerprint density at radius 3 is 2.67 bits per heavy atom. The molecule has 0 fully saturated rings. The van der Waals surface area contributed by atoms with Crippen molar-refractivity contribution in [3.63, 3.8) is 0 Å². The number of ether oxygens (including phenoxy) is 1. The van der Waals surface area contributed by atoms with E-state index in [0.29, 0.717) is 0 Å². The summed E-state index contributed by atoms with van der Waals surface area (Å²) < 4.78 is 19.6. The number of hydrogen-bond acceptors (Lipinski definition) is 8. The van der Waals surface area contributed by atoms with E-state index in [0.717, 1.165) is 5.06 Å². The van der Waals surface area contributed by atoms with Gasteiger partial charge in [0.1, 0.15) is 17.7 Å². The van der Waals surface area contributed by atoms with E-state index in [1.807, 2.05) is 0 Å². The van der Waals surface area contributed by atoms with Gasteiger partial charge in [0.15, 0.2) is 5.82 Å². The first-order valence-corrected chi connectivity index (χ1v) is 10.2. The number of carbonyl (C=O) groups excluding carboxylic acids is 1. The highest BCUT2D eigenvalue weighted by Crippen LogP contribution is 2.36. The van der Waals surface area contributed by atoms with E-state index in [-0.39, 0.29) is 39.7 Å². The van der Waals surface area contributed by atoms with E-state index in [1.54, 1.807) is 33.8 Å². The van der Waals surface area contributed by atoms with E-state index in [9.17, 15) is 19.3 Å². The maximum absolute atomic E-state index is 14.3. The van der Waals surface area contributed by atoms with Gasteiger partial charge in [-0.25, -0.2) is 19.2 Å². The zero-order valence-corrected chi connectivity index (χ0v) is 19.0. The first kappa shape index (κ1) is 23.9. The van der Waals surface area contributed by atoms with Crippen molar-refractivity contribution in [1.29, 1.82) is 0 Å². The second-order valence-corrected chi connectivity index (χ2v) is 8.22. The summed E-state index contributed by atoms with van der Waals surface area (Å²) in [6.07, 6.45) is 0.398. The lowest BCUT2D eigenvalue weighted by molar-refractivity contribution is -0.386. The lowest BCUT2D eigenvalue weighted by Gasteiger charge is -2.25. The van der Waals surface area contributed by atoms with Crippen LogP contribution in [-0.4, -0.2) is 38.2 Å². The second-order valence-electron chi connectivity index (χ2n) is 7.81. The van der Waals surface area contributed by atoms with Crippen LogP contribution >= 0.6 is 11.6 Å². The van der Waals surface area contributed by atoms with Crippen molar-refractivity contribution in [2.75, 3.05) is 11.9 Å². The number of nitro benzene ring substituents is 1. The molecule has 174 valence electrons. The minimum atomic E-state index is -0.805. The van der Waals surface area contributed by atoms with Crippen LogP contribution in [0.25, 0.3) is 10.9 Å². The number of nitrogens with one attached hydrogen (secondary N) is 1. The summed E-state index contributed by atoms with van der Waals surface area (Å²) in [5, 5.41) is 15.5. The summed E-state index contributed by atoms with van der Waals surface area (Å²) in [7, 11) is 0. The predicted octanol–water partition coefficient (Wildman–Crippen LogP) is 5.62. The Morgan fingerprint density at radius 1 is 1.30 bits per heavy atom. The standard InChI is InChI=1S/C21H21ClFN5O5/c1-5-27(20(29)32-21(2,3)4)33-17-10-15-12(9-16(17)28(30)31)19(25-11-24-15)26-14-8-6-7-13(22)18(14)23/h6-11H,5H2,1-4H3,(H,24,25,26). The number of hydrogen-bond donors (Lipinski definition) is 1. The minimum absolute atomic E-state index is 0.0348. The number of nitrogens with zero attached hydrogens (tertiary/aromatic N) is 4. The molecule has 0 atom stereocenters. The van der Waals surface area contributed by atoms with E-state index in [4.69, 9.17) is 21.2 Å². The molecule has 1 N–H and O–H groups in total. The number of aromatic nitrogens is 2. The van der Waals surface area contributed by atoms with E-state index in [2.05, 4.69) is 15.3 Å². The fourth-order valence-electron chi connectivity index (χ4n) is 2.78. The normalized spacial score (nSPS) is 11.2. The zero-order valence-electron chi connectivity index (χ0n) is 18.3. The number of benzene rings is 2. The van der Waals surface area contributed by atoms with Gasteiger partial charge in [0, 0.05) is 12.1 Å². The predicted molar refractivity (Wildman–Crippen MR) is 120 cm³/mol. The Morgan fingerprint density at radius 2 is 2.03 bits per heavy atom. The SMILES string of the molecule is CCN(Oc1cc2ncnc(Nc3cccc(Cl)c3F)c2cc1[N+](=O)[O-])C(=O)OC(C)(C)C. The third kappa shape index (κ3) is 5.55. The van der Waals surface area contributed by atoms with Crippen LogP contribution in [0.1, 0.15) is 27.7 Å². The summed E-state index contributed by atoms with van der Waals surface area (Å²) in [6.45, 7) is 6.75. The second kappa shape index (κ2) is 9.41. The minimum Gasteiger partial charge on any atom is -0.442 e. The van der Waals surface area contributed by atoms with Crippen LogP contribution in [0.15, 0.2) is 36.7 Å². The number of nitro groups is 1. The number of halogens is 2. The number of fused-ring (bicyclic) bond motifs is 1. The molecule has 2 aromatic carbocycles. The molecule has 0 unspecified atom stereocenters. The summed E-state index contributed by atoms with van der Waals surface area (Å²) >= 11 is 5.82. The van der Waals surface area contributed by atoms with Crippen LogP contribution < -0.4 is 10.2 Å². The molecule has 3 aromatic rings. The van der Waals surface area contributed by atoms with E-state index in [1.165, 1.54) is 30.6 Å². The van der Waals surface area contributed by atoms with Crippen LogP contribution in [0.5, 0.6) is 5.75 Å². The first-order valence-electron chi connectivity index (χ1n) is 9.83. The lowest BCUT2D eigenvalue weighted by atomic mass is 10.2. The zero-order chi connectivity index (χ0) is 24.3. The van der Waals surface area contributed by atoms with Gasteiger partial charge >= 0.3 is 11.8 Å². The fourth-order valence-corrected chi connectivity index (χ4v) is 2.95. The van der Waals surface area contributed by atoms with Gasteiger partial charge < -0.3 is 14.9 Å². The molecule has 0 aliphatic rings. The molecule has 0 saturated carbocycles. The molecule has 10 nitrogen and oxygen atoms in total. The highest BCUT2D eigenvalue weighted by Gasteiger charge is 2.27. The van der Waals surface area contributed by atoms with Crippen molar-refractivity contribution in [2.45, 2.75) is 33.3 Å².